The van der Waals surface area contributed by atoms with Crippen molar-refractivity contribution in [3.8, 4) is 0 Å². The Morgan fingerprint density at radius 1 is 1.10 bits per heavy atom. The van der Waals surface area contributed by atoms with E-state index in [4.69, 9.17) is 0 Å². The molecule has 2 rings (SSSR count). The normalized spacial score (nSPS) is 10.4. The fraction of sp³-hybridized carbons (Fsp3) is 0.235. The second kappa shape index (κ2) is 8.25. The van der Waals surface area contributed by atoms with E-state index in [0.717, 1.165) is 15.8 Å². The molecule has 0 aliphatic rings. The van der Waals surface area contributed by atoms with E-state index < -0.39 is 0 Å². The van der Waals surface area contributed by atoms with Crippen LogP contribution in [-0.4, -0.2) is 23.6 Å². The molecule has 0 radical (unpaired) electrons. The molecule has 21 heavy (non-hydrogen) atoms. The largest absolute Gasteiger partial charge is 0.341 e. The number of hydrogen-bond acceptors (Lipinski definition) is 2. The van der Waals surface area contributed by atoms with E-state index in [2.05, 4.69) is 28.1 Å². The molecule has 2 aromatic carbocycles. The Hall–Kier alpha value is -1.26. The minimum Gasteiger partial charge on any atom is -0.341 e. The van der Waals surface area contributed by atoms with Crippen molar-refractivity contribution in [2.75, 3.05) is 12.8 Å². The molecule has 2 nitrogen and oxygen atoms in total. The summed E-state index contributed by atoms with van der Waals surface area (Å²) in [6.45, 7) is 0.635. The molecule has 0 saturated carbocycles. The summed E-state index contributed by atoms with van der Waals surface area (Å²) in [5.74, 6) is 0.984. The summed E-state index contributed by atoms with van der Waals surface area (Å²) in [4.78, 5) is 15.1. The van der Waals surface area contributed by atoms with Crippen LogP contribution in [0.4, 0.5) is 0 Å². The van der Waals surface area contributed by atoms with Gasteiger partial charge >= 0.3 is 0 Å². The van der Waals surface area contributed by atoms with Gasteiger partial charge in [-0.15, -0.1) is 11.8 Å². The van der Waals surface area contributed by atoms with E-state index in [-0.39, 0.29) is 5.91 Å². The molecule has 0 spiro atoms. The number of carbonyl (C=O) groups excluding carboxylic acids is 1. The van der Waals surface area contributed by atoms with Crippen molar-refractivity contribution in [3.63, 3.8) is 0 Å². The van der Waals surface area contributed by atoms with Crippen LogP contribution < -0.4 is 0 Å². The first-order valence-electron chi connectivity index (χ1n) is 6.82. The van der Waals surface area contributed by atoms with Gasteiger partial charge in [-0.3, -0.25) is 4.79 Å². The van der Waals surface area contributed by atoms with Crippen LogP contribution in [0.1, 0.15) is 12.0 Å². The lowest BCUT2D eigenvalue weighted by molar-refractivity contribution is -0.129. The smallest absolute Gasteiger partial charge is 0.223 e. The average molecular weight is 364 g/mol. The molecule has 0 aliphatic heterocycles. The zero-order valence-corrected chi connectivity index (χ0v) is 14.4. The Bertz CT molecular complexity index is 588. The number of nitrogens with zero attached hydrogens (tertiary/aromatic N) is 1. The fourth-order valence-electron chi connectivity index (χ4n) is 1.93. The molecule has 0 N–H and O–H groups in total. The first kappa shape index (κ1) is 16.1. The fourth-order valence-corrected chi connectivity index (χ4v) is 3.21. The maximum Gasteiger partial charge on any atom is 0.223 e. The molecule has 0 atom stereocenters. The summed E-state index contributed by atoms with van der Waals surface area (Å²) < 4.78 is 1.04. The van der Waals surface area contributed by atoms with Crippen molar-refractivity contribution < 1.29 is 4.79 Å². The van der Waals surface area contributed by atoms with Gasteiger partial charge < -0.3 is 4.90 Å². The first-order valence-corrected chi connectivity index (χ1v) is 8.60. The van der Waals surface area contributed by atoms with E-state index in [0.29, 0.717) is 13.0 Å². The van der Waals surface area contributed by atoms with Gasteiger partial charge in [-0.1, -0.05) is 52.3 Å². The molecule has 4 heteroatoms. The van der Waals surface area contributed by atoms with Crippen LogP contribution in [0.3, 0.4) is 0 Å². The third-order valence-corrected chi connectivity index (χ3v) is 4.91. The van der Waals surface area contributed by atoms with E-state index >= 15 is 0 Å². The Kier molecular flexibility index (Phi) is 6.33. The van der Waals surface area contributed by atoms with Crippen molar-refractivity contribution >= 4 is 33.6 Å². The van der Waals surface area contributed by atoms with Gasteiger partial charge in [-0.25, -0.2) is 0 Å². The van der Waals surface area contributed by atoms with Crippen LogP contribution in [-0.2, 0) is 11.3 Å². The standard InChI is InChI=1S/C17H18BrNOS/c1-19(13-14-7-5-6-10-16(14)18)17(20)11-12-21-15-8-3-2-4-9-15/h2-10H,11-13H2,1H3. The van der Waals surface area contributed by atoms with E-state index in [1.165, 1.54) is 4.90 Å². The molecule has 0 heterocycles. The van der Waals surface area contributed by atoms with Gasteiger partial charge in [0.15, 0.2) is 0 Å². The minimum absolute atomic E-state index is 0.175. The van der Waals surface area contributed by atoms with E-state index in [9.17, 15) is 4.79 Å². The van der Waals surface area contributed by atoms with E-state index in [1.807, 2.05) is 49.5 Å². The van der Waals surface area contributed by atoms with Gasteiger partial charge in [0.25, 0.3) is 0 Å². The summed E-state index contributed by atoms with van der Waals surface area (Å²) in [7, 11) is 1.86. The number of amides is 1. The molecule has 0 unspecified atom stereocenters. The van der Waals surface area contributed by atoms with Gasteiger partial charge in [-0.2, -0.15) is 0 Å². The molecule has 0 saturated heterocycles. The molecular weight excluding hydrogens is 346 g/mol. The van der Waals surface area contributed by atoms with Gasteiger partial charge in [-0.05, 0) is 23.8 Å². The highest BCUT2D eigenvalue weighted by Gasteiger charge is 2.10. The van der Waals surface area contributed by atoms with Crippen LogP contribution in [0, 0.1) is 0 Å². The average Bonchev–Trinajstić information content (AvgIpc) is 2.50. The summed E-state index contributed by atoms with van der Waals surface area (Å²) in [5.41, 5.74) is 1.13. The second-order valence-electron chi connectivity index (χ2n) is 4.75. The lowest BCUT2D eigenvalue weighted by Gasteiger charge is -2.18. The van der Waals surface area contributed by atoms with Crippen molar-refractivity contribution in [2.24, 2.45) is 0 Å². The lowest BCUT2D eigenvalue weighted by Crippen LogP contribution is -2.26. The van der Waals surface area contributed by atoms with Crippen LogP contribution >= 0.6 is 27.7 Å². The lowest BCUT2D eigenvalue weighted by atomic mass is 10.2. The summed E-state index contributed by atoms with van der Waals surface area (Å²) in [6.07, 6.45) is 0.556. The highest BCUT2D eigenvalue weighted by molar-refractivity contribution is 9.10. The molecule has 2 aromatic rings. The Labute approximate surface area is 138 Å². The molecule has 1 amide bonds. The summed E-state index contributed by atoms with van der Waals surface area (Å²) in [6, 6.07) is 18.2. The third-order valence-electron chi connectivity index (χ3n) is 3.12. The van der Waals surface area contributed by atoms with Crippen LogP contribution in [0.25, 0.3) is 0 Å². The van der Waals surface area contributed by atoms with Crippen LogP contribution in [0.5, 0.6) is 0 Å². The van der Waals surface area contributed by atoms with Gasteiger partial charge in [0.05, 0.1) is 0 Å². The third kappa shape index (κ3) is 5.21. The molecule has 0 aromatic heterocycles. The predicted octanol–water partition coefficient (Wildman–Crippen LogP) is 4.59. The number of hydrogen-bond donors (Lipinski definition) is 0. The van der Waals surface area contributed by atoms with Gasteiger partial charge in [0.2, 0.25) is 5.91 Å². The van der Waals surface area contributed by atoms with Gasteiger partial charge in [0.1, 0.15) is 0 Å². The maximum atomic E-state index is 12.1. The highest BCUT2D eigenvalue weighted by atomic mass is 79.9. The number of rotatable bonds is 6. The second-order valence-corrected chi connectivity index (χ2v) is 6.78. The SMILES string of the molecule is CN(Cc1ccccc1Br)C(=O)CCSc1ccccc1. The van der Waals surface area contributed by atoms with E-state index in [1.54, 1.807) is 16.7 Å². The zero-order chi connectivity index (χ0) is 15.1. The van der Waals surface area contributed by atoms with Crippen molar-refractivity contribution in [1.82, 2.24) is 4.90 Å². The number of halogens is 1. The number of benzene rings is 2. The van der Waals surface area contributed by atoms with Gasteiger partial charge in [0, 0.05) is 35.1 Å². The van der Waals surface area contributed by atoms with Crippen molar-refractivity contribution in [3.05, 3.63) is 64.6 Å². The van der Waals surface area contributed by atoms with Crippen LogP contribution in [0.2, 0.25) is 0 Å². The molecule has 0 aliphatic carbocycles. The Morgan fingerprint density at radius 2 is 1.76 bits per heavy atom. The summed E-state index contributed by atoms with van der Waals surface area (Å²) >= 11 is 5.23. The number of thioether (sulfide) groups is 1. The monoisotopic (exact) mass is 363 g/mol. The predicted molar refractivity (Wildman–Crippen MR) is 92.4 cm³/mol. The number of carbonyl (C=O) groups is 1. The van der Waals surface area contributed by atoms with Crippen molar-refractivity contribution in [2.45, 2.75) is 17.9 Å². The molecule has 0 bridgehead atoms. The topological polar surface area (TPSA) is 20.3 Å². The first-order chi connectivity index (χ1) is 10.2. The van der Waals surface area contributed by atoms with Crippen molar-refractivity contribution in [1.29, 1.82) is 0 Å². The van der Waals surface area contributed by atoms with Crippen LogP contribution in [0.15, 0.2) is 64.0 Å². The zero-order valence-electron chi connectivity index (χ0n) is 12.0. The molecule has 110 valence electrons. The minimum atomic E-state index is 0.175. The molecule has 0 fully saturated rings. The highest BCUT2D eigenvalue weighted by Crippen LogP contribution is 2.20. The Balaban J connectivity index is 1.79. The Morgan fingerprint density at radius 3 is 2.48 bits per heavy atom. The maximum absolute atomic E-state index is 12.1. The summed E-state index contributed by atoms with van der Waals surface area (Å²) in [5, 5.41) is 0. The molecular formula is C17H18BrNOS. The quantitative estimate of drug-likeness (QED) is 0.699.